The van der Waals surface area contributed by atoms with Crippen LogP contribution in [-0.4, -0.2) is 52.6 Å². The molecule has 0 bridgehead atoms. The first-order chi connectivity index (χ1) is 9.09. The molecule has 0 aliphatic carbocycles. The number of unbranched alkanes of at least 4 members (excludes halogenated alkanes) is 3. The van der Waals surface area contributed by atoms with Gasteiger partial charge in [0.1, 0.15) is 0 Å². The van der Waals surface area contributed by atoms with Gasteiger partial charge in [-0.1, -0.05) is 19.8 Å². The maximum absolute atomic E-state index is 11.8. The van der Waals surface area contributed by atoms with Gasteiger partial charge in [-0.2, -0.15) is 11.8 Å². The minimum Gasteiger partial charge on any atom is -0.481 e. The Morgan fingerprint density at radius 2 is 2.05 bits per heavy atom. The second kappa shape index (κ2) is 9.07. The van der Waals surface area contributed by atoms with Crippen molar-refractivity contribution in [2.24, 2.45) is 0 Å². The van der Waals surface area contributed by atoms with Crippen molar-refractivity contribution in [3.8, 4) is 0 Å². The van der Waals surface area contributed by atoms with Crippen molar-refractivity contribution < 1.29 is 14.7 Å². The number of urea groups is 1. The standard InChI is InChI=1S/C13H24N2O3S/c1-11-10-15(8-9-19-11)13(18)14-7-5-3-2-4-6-12(16)17/h11H,2-10H2,1H3,(H,14,18)(H,16,17). The van der Waals surface area contributed by atoms with E-state index in [0.29, 0.717) is 11.8 Å². The van der Waals surface area contributed by atoms with Gasteiger partial charge < -0.3 is 15.3 Å². The summed E-state index contributed by atoms with van der Waals surface area (Å²) in [6.45, 7) is 4.49. The van der Waals surface area contributed by atoms with Gasteiger partial charge in [0, 0.05) is 37.1 Å². The Morgan fingerprint density at radius 1 is 1.32 bits per heavy atom. The molecule has 0 aromatic rings. The van der Waals surface area contributed by atoms with Gasteiger partial charge >= 0.3 is 12.0 Å². The van der Waals surface area contributed by atoms with Crippen LogP contribution in [0.2, 0.25) is 0 Å². The zero-order valence-electron chi connectivity index (χ0n) is 11.6. The molecule has 19 heavy (non-hydrogen) atoms. The number of aliphatic carboxylic acids is 1. The molecular formula is C13H24N2O3S. The van der Waals surface area contributed by atoms with Crippen LogP contribution in [0.5, 0.6) is 0 Å². The SMILES string of the molecule is CC1CN(C(=O)NCCCCCCC(=O)O)CCS1. The maximum atomic E-state index is 11.8. The third-order valence-electron chi connectivity index (χ3n) is 3.12. The Morgan fingerprint density at radius 3 is 2.74 bits per heavy atom. The van der Waals surface area contributed by atoms with Crippen molar-refractivity contribution in [1.29, 1.82) is 0 Å². The second-order valence-corrected chi connectivity index (χ2v) is 6.46. The number of nitrogens with zero attached hydrogens (tertiary/aromatic N) is 1. The molecule has 1 aliphatic heterocycles. The average molecular weight is 288 g/mol. The molecule has 1 unspecified atom stereocenters. The zero-order valence-corrected chi connectivity index (χ0v) is 12.4. The van der Waals surface area contributed by atoms with Crippen molar-refractivity contribution >= 4 is 23.8 Å². The first-order valence-corrected chi connectivity index (χ1v) is 8.00. The number of carboxylic acids is 1. The summed E-state index contributed by atoms with van der Waals surface area (Å²) >= 11 is 1.91. The fraction of sp³-hybridized carbons (Fsp3) is 0.846. The lowest BCUT2D eigenvalue weighted by Crippen LogP contribution is -2.46. The van der Waals surface area contributed by atoms with E-state index in [1.807, 2.05) is 16.7 Å². The van der Waals surface area contributed by atoms with Crippen molar-refractivity contribution in [1.82, 2.24) is 10.2 Å². The summed E-state index contributed by atoms with van der Waals surface area (Å²) in [5, 5.41) is 11.9. The monoisotopic (exact) mass is 288 g/mol. The minimum absolute atomic E-state index is 0.0395. The highest BCUT2D eigenvalue weighted by molar-refractivity contribution is 7.99. The topological polar surface area (TPSA) is 69.6 Å². The quantitative estimate of drug-likeness (QED) is 0.704. The van der Waals surface area contributed by atoms with Crippen LogP contribution in [-0.2, 0) is 4.79 Å². The van der Waals surface area contributed by atoms with Crippen LogP contribution in [0.15, 0.2) is 0 Å². The molecular weight excluding hydrogens is 264 g/mol. The highest BCUT2D eigenvalue weighted by atomic mass is 32.2. The van der Waals surface area contributed by atoms with E-state index in [2.05, 4.69) is 12.2 Å². The first kappa shape index (κ1) is 16.1. The van der Waals surface area contributed by atoms with E-state index in [9.17, 15) is 9.59 Å². The smallest absolute Gasteiger partial charge is 0.317 e. The number of carboxylic acid groups (broad SMARTS) is 1. The van der Waals surface area contributed by atoms with Crippen molar-refractivity contribution in [3.05, 3.63) is 0 Å². The fourth-order valence-corrected chi connectivity index (χ4v) is 3.08. The zero-order chi connectivity index (χ0) is 14.1. The van der Waals surface area contributed by atoms with E-state index in [0.717, 1.165) is 44.5 Å². The lowest BCUT2D eigenvalue weighted by molar-refractivity contribution is -0.137. The Labute approximate surface area is 119 Å². The summed E-state index contributed by atoms with van der Waals surface area (Å²) in [5.41, 5.74) is 0. The van der Waals surface area contributed by atoms with Crippen LogP contribution < -0.4 is 5.32 Å². The molecule has 1 saturated heterocycles. The van der Waals surface area contributed by atoms with Gasteiger partial charge in [-0.05, 0) is 12.8 Å². The Bertz CT molecular complexity index is 300. The largest absolute Gasteiger partial charge is 0.481 e. The summed E-state index contributed by atoms with van der Waals surface area (Å²) < 4.78 is 0. The predicted octanol–water partition coefficient (Wildman–Crippen LogP) is 2.17. The number of carbonyl (C=O) groups excluding carboxylic acids is 1. The van der Waals surface area contributed by atoms with Crippen molar-refractivity contribution in [2.45, 2.75) is 44.3 Å². The van der Waals surface area contributed by atoms with Gasteiger partial charge in [0.25, 0.3) is 0 Å². The van der Waals surface area contributed by atoms with Crippen molar-refractivity contribution in [2.75, 3.05) is 25.4 Å². The van der Waals surface area contributed by atoms with Crippen LogP contribution in [0.3, 0.4) is 0 Å². The van der Waals surface area contributed by atoms with Gasteiger partial charge in [-0.25, -0.2) is 4.79 Å². The molecule has 110 valence electrons. The third-order valence-corrected chi connectivity index (χ3v) is 4.26. The highest BCUT2D eigenvalue weighted by Crippen LogP contribution is 2.17. The lowest BCUT2D eigenvalue weighted by atomic mass is 10.1. The normalized spacial score (nSPS) is 19.2. The van der Waals surface area contributed by atoms with Crippen LogP contribution in [0.4, 0.5) is 4.79 Å². The van der Waals surface area contributed by atoms with Gasteiger partial charge in [0.2, 0.25) is 0 Å². The molecule has 1 rings (SSSR count). The lowest BCUT2D eigenvalue weighted by Gasteiger charge is -2.30. The van der Waals surface area contributed by atoms with Crippen LogP contribution in [0.25, 0.3) is 0 Å². The predicted molar refractivity (Wildman–Crippen MR) is 77.6 cm³/mol. The summed E-state index contributed by atoms with van der Waals surface area (Å²) in [6.07, 6.45) is 3.78. The van der Waals surface area contributed by atoms with E-state index < -0.39 is 5.97 Å². The number of hydrogen-bond acceptors (Lipinski definition) is 3. The van der Waals surface area contributed by atoms with Crippen molar-refractivity contribution in [3.63, 3.8) is 0 Å². The molecule has 1 atom stereocenters. The van der Waals surface area contributed by atoms with E-state index in [1.54, 1.807) is 0 Å². The summed E-state index contributed by atoms with van der Waals surface area (Å²) in [7, 11) is 0. The summed E-state index contributed by atoms with van der Waals surface area (Å²) in [4.78, 5) is 24.0. The third kappa shape index (κ3) is 7.30. The second-order valence-electron chi connectivity index (χ2n) is 4.92. The molecule has 0 aromatic carbocycles. The number of thioether (sulfide) groups is 1. The molecule has 2 amide bonds. The Hall–Kier alpha value is -0.910. The number of amides is 2. The molecule has 1 aliphatic rings. The van der Waals surface area contributed by atoms with Crippen LogP contribution in [0.1, 0.15) is 39.0 Å². The summed E-state index contributed by atoms with van der Waals surface area (Å²) in [5.74, 6) is 0.287. The fourth-order valence-electron chi connectivity index (χ4n) is 2.06. The summed E-state index contributed by atoms with van der Waals surface area (Å²) in [6, 6.07) is 0.0395. The minimum atomic E-state index is -0.731. The molecule has 1 fully saturated rings. The number of nitrogens with one attached hydrogen (secondary N) is 1. The number of carbonyl (C=O) groups is 2. The first-order valence-electron chi connectivity index (χ1n) is 6.96. The van der Waals surface area contributed by atoms with Crippen LogP contribution >= 0.6 is 11.8 Å². The maximum Gasteiger partial charge on any atom is 0.317 e. The van der Waals surface area contributed by atoms with Gasteiger partial charge in [0.05, 0.1) is 0 Å². The molecule has 0 aromatic heterocycles. The molecule has 5 nitrogen and oxygen atoms in total. The molecule has 2 N–H and O–H groups in total. The van der Waals surface area contributed by atoms with Gasteiger partial charge in [0.15, 0.2) is 0 Å². The van der Waals surface area contributed by atoms with E-state index in [-0.39, 0.29) is 12.5 Å². The van der Waals surface area contributed by atoms with E-state index >= 15 is 0 Å². The Balaban J connectivity index is 1.99. The highest BCUT2D eigenvalue weighted by Gasteiger charge is 2.20. The average Bonchev–Trinajstić information content (AvgIpc) is 2.37. The number of rotatable bonds is 7. The van der Waals surface area contributed by atoms with E-state index in [4.69, 9.17) is 5.11 Å². The van der Waals surface area contributed by atoms with Gasteiger partial charge in [-0.15, -0.1) is 0 Å². The molecule has 0 saturated carbocycles. The van der Waals surface area contributed by atoms with Crippen LogP contribution in [0, 0.1) is 0 Å². The molecule has 0 spiro atoms. The molecule has 1 heterocycles. The number of hydrogen-bond donors (Lipinski definition) is 2. The molecule has 0 radical (unpaired) electrons. The molecule has 6 heteroatoms. The van der Waals surface area contributed by atoms with E-state index in [1.165, 1.54) is 0 Å². The van der Waals surface area contributed by atoms with Gasteiger partial charge in [-0.3, -0.25) is 4.79 Å². The Kier molecular flexibility index (Phi) is 7.70.